The van der Waals surface area contributed by atoms with Crippen molar-refractivity contribution in [3.8, 4) is 17.2 Å². The molecule has 190 valence electrons. The van der Waals surface area contributed by atoms with Crippen molar-refractivity contribution in [2.45, 2.75) is 49.0 Å². The minimum Gasteiger partial charge on any atom is -0.334 e. The van der Waals surface area contributed by atoms with Gasteiger partial charge in [0.25, 0.3) is 0 Å². The van der Waals surface area contributed by atoms with Crippen molar-refractivity contribution in [2.24, 2.45) is 0 Å². The molecule has 2 N–H and O–H groups in total. The molecule has 0 saturated heterocycles. The standard InChI is InChI=1S/C29H30N4O3S/c1-31-37(35,36)24-11-8-21(9-12-24)19-32-28(34)33-20-29(15-4-5-16-29)26-18-23(10-13-27(26)33)25-7-3-2-6-22(25)14-17-30/h2-3,6-13,18,31H,4-5,14-16,19-20H2,1H3,(H,32,34). The Balaban J connectivity index is 1.39. The van der Waals surface area contributed by atoms with E-state index in [0.717, 1.165) is 53.6 Å². The summed E-state index contributed by atoms with van der Waals surface area (Å²) in [6.45, 7) is 0.952. The monoisotopic (exact) mass is 514 g/mol. The number of nitrogens with one attached hydrogen (secondary N) is 2. The molecular weight excluding hydrogens is 484 g/mol. The van der Waals surface area contributed by atoms with E-state index < -0.39 is 10.0 Å². The molecular formula is C29H30N4O3S. The molecule has 3 aromatic carbocycles. The van der Waals surface area contributed by atoms with Crippen LogP contribution < -0.4 is 14.9 Å². The molecule has 37 heavy (non-hydrogen) atoms. The molecule has 1 saturated carbocycles. The third kappa shape index (κ3) is 4.73. The summed E-state index contributed by atoms with van der Waals surface area (Å²) in [5.41, 5.74) is 6.08. The lowest BCUT2D eigenvalue weighted by atomic mass is 9.79. The number of nitrogens with zero attached hydrogens (tertiary/aromatic N) is 2. The van der Waals surface area contributed by atoms with E-state index in [1.165, 1.54) is 24.7 Å². The fourth-order valence-corrected chi connectivity index (χ4v) is 6.45. The summed E-state index contributed by atoms with van der Waals surface area (Å²) in [6, 6.07) is 22.9. The van der Waals surface area contributed by atoms with Crippen molar-refractivity contribution in [1.82, 2.24) is 10.0 Å². The molecule has 2 amide bonds. The van der Waals surface area contributed by atoms with Crippen LogP contribution in [0, 0.1) is 11.3 Å². The molecule has 3 aromatic rings. The normalized spacial score (nSPS) is 15.9. The van der Waals surface area contributed by atoms with Crippen LogP contribution in [0.5, 0.6) is 0 Å². The number of fused-ring (bicyclic) bond motifs is 2. The van der Waals surface area contributed by atoms with Crippen molar-refractivity contribution in [3.63, 3.8) is 0 Å². The van der Waals surface area contributed by atoms with Gasteiger partial charge in [-0.25, -0.2) is 17.9 Å². The number of urea groups is 1. The highest BCUT2D eigenvalue weighted by Gasteiger charge is 2.46. The van der Waals surface area contributed by atoms with E-state index in [1.54, 1.807) is 12.1 Å². The number of benzene rings is 3. The Morgan fingerprint density at radius 2 is 1.78 bits per heavy atom. The molecule has 1 spiro atoms. The molecule has 1 aliphatic carbocycles. The van der Waals surface area contributed by atoms with Crippen molar-refractivity contribution in [3.05, 3.63) is 83.4 Å². The van der Waals surface area contributed by atoms with Gasteiger partial charge in [0.2, 0.25) is 10.0 Å². The lowest BCUT2D eigenvalue weighted by Gasteiger charge is -2.25. The zero-order valence-corrected chi connectivity index (χ0v) is 21.6. The molecule has 0 bridgehead atoms. The molecule has 7 nitrogen and oxygen atoms in total. The van der Waals surface area contributed by atoms with E-state index in [-0.39, 0.29) is 16.3 Å². The van der Waals surface area contributed by atoms with Gasteiger partial charge < -0.3 is 5.32 Å². The van der Waals surface area contributed by atoms with Crippen LogP contribution in [0.15, 0.2) is 71.6 Å². The zero-order chi connectivity index (χ0) is 26.0. The van der Waals surface area contributed by atoms with Crippen LogP contribution in [0.4, 0.5) is 10.5 Å². The maximum Gasteiger partial charge on any atom is 0.322 e. The minimum atomic E-state index is -3.50. The van der Waals surface area contributed by atoms with Crippen LogP contribution >= 0.6 is 0 Å². The molecule has 0 aromatic heterocycles. The summed E-state index contributed by atoms with van der Waals surface area (Å²) in [4.78, 5) is 15.4. The largest absolute Gasteiger partial charge is 0.334 e. The lowest BCUT2D eigenvalue weighted by Crippen LogP contribution is -2.41. The lowest BCUT2D eigenvalue weighted by molar-refractivity contribution is 0.245. The highest BCUT2D eigenvalue weighted by atomic mass is 32.2. The van der Waals surface area contributed by atoms with E-state index in [0.29, 0.717) is 19.5 Å². The number of carbonyl (C=O) groups is 1. The number of sulfonamides is 1. The topological polar surface area (TPSA) is 102 Å². The Hall–Kier alpha value is -3.67. The second kappa shape index (κ2) is 10.0. The van der Waals surface area contributed by atoms with E-state index >= 15 is 0 Å². The molecule has 0 radical (unpaired) electrons. The van der Waals surface area contributed by atoms with Crippen LogP contribution in [0.1, 0.15) is 42.4 Å². The predicted molar refractivity (Wildman–Crippen MR) is 144 cm³/mol. The van der Waals surface area contributed by atoms with Crippen molar-refractivity contribution in [1.29, 1.82) is 5.26 Å². The van der Waals surface area contributed by atoms with Crippen LogP contribution in [-0.2, 0) is 28.4 Å². The van der Waals surface area contributed by atoms with Crippen LogP contribution in [0.3, 0.4) is 0 Å². The number of hydrogen-bond acceptors (Lipinski definition) is 4. The zero-order valence-electron chi connectivity index (χ0n) is 20.8. The predicted octanol–water partition coefficient (Wildman–Crippen LogP) is 4.87. The number of carbonyl (C=O) groups excluding carboxylic acids is 1. The highest BCUT2D eigenvalue weighted by molar-refractivity contribution is 7.89. The van der Waals surface area contributed by atoms with Crippen LogP contribution in [0.2, 0.25) is 0 Å². The maximum absolute atomic E-state index is 13.4. The Morgan fingerprint density at radius 3 is 2.49 bits per heavy atom. The first-order valence-corrected chi connectivity index (χ1v) is 14.0. The summed E-state index contributed by atoms with van der Waals surface area (Å²) in [7, 11) is -2.12. The van der Waals surface area contributed by atoms with Gasteiger partial charge in [0, 0.05) is 24.2 Å². The molecule has 1 heterocycles. The molecule has 2 aliphatic rings. The van der Waals surface area contributed by atoms with E-state index in [9.17, 15) is 18.5 Å². The van der Waals surface area contributed by atoms with Crippen molar-refractivity contribution < 1.29 is 13.2 Å². The van der Waals surface area contributed by atoms with Gasteiger partial charge in [-0.3, -0.25) is 4.90 Å². The molecule has 0 unspecified atom stereocenters. The molecule has 8 heteroatoms. The first kappa shape index (κ1) is 25.0. The van der Waals surface area contributed by atoms with Gasteiger partial charge in [-0.05, 0) is 72.0 Å². The Bertz CT molecular complexity index is 1470. The third-order valence-corrected chi connectivity index (χ3v) is 9.10. The molecule has 1 fully saturated rings. The van der Waals surface area contributed by atoms with Crippen molar-refractivity contribution in [2.75, 3.05) is 18.5 Å². The minimum absolute atomic E-state index is 0.0456. The van der Waals surface area contributed by atoms with E-state index in [1.807, 2.05) is 35.2 Å². The van der Waals surface area contributed by atoms with Crippen LogP contribution in [0.25, 0.3) is 11.1 Å². The molecule has 1 aliphatic heterocycles. The first-order valence-electron chi connectivity index (χ1n) is 12.5. The van der Waals surface area contributed by atoms with Gasteiger partial charge in [0.05, 0.1) is 17.4 Å². The van der Waals surface area contributed by atoms with E-state index in [4.69, 9.17) is 0 Å². The average molecular weight is 515 g/mol. The van der Waals surface area contributed by atoms with Gasteiger partial charge in [-0.2, -0.15) is 5.26 Å². The summed E-state index contributed by atoms with van der Waals surface area (Å²) in [5.74, 6) is 0. The fourth-order valence-electron chi connectivity index (χ4n) is 5.72. The smallest absolute Gasteiger partial charge is 0.322 e. The summed E-state index contributed by atoms with van der Waals surface area (Å²) in [6.07, 6.45) is 4.75. The molecule has 5 rings (SSSR count). The number of anilines is 1. The highest BCUT2D eigenvalue weighted by Crippen LogP contribution is 2.51. The quantitative estimate of drug-likeness (QED) is 0.490. The number of amides is 2. The van der Waals surface area contributed by atoms with Gasteiger partial charge in [0.1, 0.15) is 0 Å². The number of hydrogen-bond donors (Lipinski definition) is 2. The van der Waals surface area contributed by atoms with Gasteiger partial charge >= 0.3 is 6.03 Å². The Kier molecular flexibility index (Phi) is 6.76. The first-order chi connectivity index (χ1) is 17.9. The third-order valence-electron chi connectivity index (χ3n) is 7.67. The molecule has 0 atom stereocenters. The second-order valence-electron chi connectivity index (χ2n) is 9.81. The Morgan fingerprint density at radius 1 is 1.05 bits per heavy atom. The number of rotatable bonds is 6. The fraction of sp³-hybridized carbons (Fsp3) is 0.310. The van der Waals surface area contributed by atoms with Crippen LogP contribution in [-0.4, -0.2) is 28.0 Å². The van der Waals surface area contributed by atoms with Gasteiger partial charge in [-0.1, -0.05) is 55.3 Å². The maximum atomic E-state index is 13.4. The van der Waals surface area contributed by atoms with Gasteiger partial charge in [0.15, 0.2) is 0 Å². The summed E-state index contributed by atoms with van der Waals surface area (Å²) >= 11 is 0. The summed E-state index contributed by atoms with van der Waals surface area (Å²) < 4.78 is 26.2. The SMILES string of the molecule is CNS(=O)(=O)c1ccc(CNC(=O)N2CC3(CCCC3)c3cc(-c4ccccc4CC#N)ccc32)cc1. The van der Waals surface area contributed by atoms with E-state index in [2.05, 4.69) is 28.2 Å². The second-order valence-corrected chi connectivity index (χ2v) is 11.7. The number of nitriles is 1. The van der Waals surface area contributed by atoms with Gasteiger partial charge in [-0.15, -0.1) is 0 Å². The van der Waals surface area contributed by atoms with Crippen molar-refractivity contribution >= 4 is 21.7 Å². The average Bonchev–Trinajstić information content (AvgIpc) is 3.53. The summed E-state index contributed by atoms with van der Waals surface area (Å²) in [5, 5.41) is 12.3. The Labute approximate surface area is 218 Å².